The smallest absolute Gasteiger partial charge is 0.174 e. The number of phenolic OH excluding ortho intramolecular Hbond substituents is 1. The molecule has 6 nitrogen and oxygen atoms in total. The third-order valence-electron chi connectivity index (χ3n) is 5.45. The molecule has 0 unspecified atom stereocenters. The minimum absolute atomic E-state index is 0.151. The van der Waals surface area contributed by atoms with Crippen LogP contribution in [0.5, 0.6) is 5.75 Å². The lowest BCUT2D eigenvalue weighted by atomic mass is 10.0. The van der Waals surface area contributed by atoms with Crippen LogP contribution in [-0.2, 0) is 0 Å². The van der Waals surface area contributed by atoms with Crippen LogP contribution < -0.4 is 10.2 Å². The lowest BCUT2D eigenvalue weighted by Gasteiger charge is -2.28. The highest BCUT2D eigenvalue weighted by atomic mass is 32.1. The van der Waals surface area contributed by atoms with E-state index in [1.165, 1.54) is 0 Å². The van der Waals surface area contributed by atoms with Gasteiger partial charge in [-0.25, -0.2) is 4.98 Å². The molecule has 0 aliphatic carbocycles. The summed E-state index contributed by atoms with van der Waals surface area (Å²) in [5.74, 6) is 1.06. The third-order valence-corrected chi connectivity index (χ3v) is 5.77. The molecule has 0 amide bonds. The van der Waals surface area contributed by atoms with Crippen LogP contribution in [0.25, 0.3) is 5.82 Å². The van der Waals surface area contributed by atoms with Gasteiger partial charge in [-0.05, 0) is 79.3 Å². The van der Waals surface area contributed by atoms with Crippen molar-refractivity contribution in [2.24, 2.45) is 0 Å². The summed E-state index contributed by atoms with van der Waals surface area (Å²) < 4.78 is 2.09. The van der Waals surface area contributed by atoms with Crippen LogP contribution in [0.1, 0.15) is 29.0 Å². The van der Waals surface area contributed by atoms with E-state index in [4.69, 9.17) is 12.2 Å². The van der Waals surface area contributed by atoms with Crippen molar-refractivity contribution in [1.82, 2.24) is 19.9 Å². The van der Waals surface area contributed by atoms with Gasteiger partial charge in [0.2, 0.25) is 0 Å². The Morgan fingerprint density at radius 3 is 2.52 bits per heavy atom. The summed E-state index contributed by atoms with van der Waals surface area (Å²) in [5, 5.41) is 13.8. The minimum Gasteiger partial charge on any atom is -0.508 e. The van der Waals surface area contributed by atoms with Crippen LogP contribution in [0.3, 0.4) is 0 Å². The van der Waals surface area contributed by atoms with E-state index in [9.17, 15) is 5.11 Å². The number of benzene rings is 1. The lowest BCUT2D eigenvalue weighted by Crippen LogP contribution is -2.30. The minimum atomic E-state index is -0.162. The second-order valence-electron chi connectivity index (χ2n) is 7.51. The van der Waals surface area contributed by atoms with E-state index in [0.717, 1.165) is 28.5 Å². The van der Waals surface area contributed by atoms with E-state index in [1.54, 1.807) is 18.3 Å². The van der Waals surface area contributed by atoms with Crippen molar-refractivity contribution in [3.8, 4) is 11.6 Å². The number of nitrogens with zero attached hydrogens (tertiary/aromatic N) is 4. The number of nitrogens with one attached hydrogen (secondary N) is 1. The van der Waals surface area contributed by atoms with Gasteiger partial charge in [0.25, 0.3) is 0 Å². The topological polar surface area (TPSA) is 66.2 Å². The van der Waals surface area contributed by atoms with Crippen LogP contribution in [0.2, 0.25) is 0 Å². The zero-order valence-electron chi connectivity index (χ0n) is 16.9. The molecule has 1 aromatic carbocycles. The van der Waals surface area contributed by atoms with Gasteiger partial charge in [-0.1, -0.05) is 12.1 Å². The van der Waals surface area contributed by atoms with Gasteiger partial charge >= 0.3 is 0 Å². The first-order chi connectivity index (χ1) is 15.1. The van der Waals surface area contributed by atoms with Gasteiger partial charge in [0.05, 0.1) is 11.7 Å². The van der Waals surface area contributed by atoms with Crippen LogP contribution in [0, 0.1) is 6.92 Å². The molecule has 0 bridgehead atoms. The first-order valence-electron chi connectivity index (χ1n) is 10.0. The monoisotopic (exact) mass is 427 g/mol. The van der Waals surface area contributed by atoms with Crippen molar-refractivity contribution in [2.45, 2.75) is 19.0 Å². The molecule has 4 aromatic rings. The normalized spacial score (nSPS) is 18.2. The molecule has 1 saturated heterocycles. The number of aryl methyl sites for hydroxylation is 1. The molecule has 7 heteroatoms. The summed E-state index contributed by atoms with van der Waals surface area (Å²) in [7, 11) is 0. The van der Waals surface area contributed by atoms with Gasteiger partial charge in [0, 0.05) is 30.0 Å². The predicted octanol–water partition coefficient (Wildman–Crippen LogP) is 4.46. The molecule has 0 spiro atoms. The zero-order chi connectivity index (χ0) is 21.4. The number of aromatic hydroxyl groups is 1. The van der Waals surface area contributed by atoms with E-state index in [0.29, 0.717) is 5.11 Å². The molecule has 4 heterocycles. The molecule has 1 aliphatic heterocycles. The Kier molecular flexibility index (Phi) is 4.88. The molecule has 5 rings (SSSR count). The van der Waals surface area contributed by atoms with Gasteiger partial charge in [-0.2, -0.15) is 0 Å². The van der Waals surface area contributed by atoms with E-state index >= 15 is 0 Å². The molecule has 1 aliphatic rings. The SMILES string of the molecule is Cc1ccc(-n2cccc2[C@@H]2[C@@H](c3ccccn3)NC(=S)N2c2ccc(O)cc2)nc1. The maximum Gasteiger partial charge on any atom is 0.174 e. The number of pyridine rings is 2. The van der Waals surface area contributed by atoms with Crippen LogP contribution in [0.15, 0.2) is 85.3 Å². The Labute approximate surface area is 185 Å². The number of hydrogen-bond acceptors (Lipinski definition) is 4. The average molecular weight is 428 g/mol. The number of thiocarbonyl (C=S) groups is 1. The maximum atomic E-state index is 9.77. The molecule has 0 saturated carbocycles. The van der Waals surface area contributed by atoms with Gasteiger partial charge in [-0.3, -0.25) is 4.98 Å². The Morgan fingerprint density at radius 1 is 0.968 bits per heavy atom. The van der Waals surface area contributed by atoms with Crippen LogP contribution >= 0.6 is 12.2 Å². The first-order valence-corrected chi connectivity index (χ1v) is 10.4. The van der Waals surface area contributed by atoms with E-state index in [2.05, 4.69) is 36.9 Å². The van der Waals surface area contributed by atoms with E-state index in [1.807, 2.05) is 61.8 Å². The molecular weight excluding hydrogens is 406 g/mol. The van der Waals surface area contributed by atoms with E-state index < -0.39 is 0 Å². The molecule has 0 radical (unpaired) electrons. The quantitative estimate of drug-likeness (QED) is 0.469. The highest BCUT2D eigenvalue weighted by Gasteiger charge is 2.42. The average Bonchev–Trinajstić information content (AvgIpc) is 3.40. The number of phenols is 1. The van der Waals surface area contributed by atoms with Crippen molar-refractivity contribution in [3.63, 3.8) is 0 Å². The number of aromatic nitrogens is 3. The van der Waals surface area contributed by atoms with Crippen molar-refractivity contribution < 1.29 is 5.11 Å². The molecule has 2 atom stereocenters. The number of rotatable bonds is 4. The molecule has 31 heavy (non-hydrogen) atoms. The van der Waals surface area contributed by atoms with Gasteiger partial charge in [-0.15, -0.1) is 0 Å². The van der Waals surface area contributed by atoms with Gasteiger partial charge in [0.15, 0.2) is 5.11 Å². The summed E-state index contributed by atoms with van der Waals surface area (Å²) >= 11 is 5.76. The zero-order valence-corrected chi connectivity index (χ0v) is 17.7. The Morgan fingerprint density at radius 2 is 1.81 bits per heavy atom. The van der Waals surface area contributed by atoms with E-state index in [-0.39, 0.29) is 17.8 Å². The highest BCUT2D eigenvalue weighted by molar-refractivity contribution is 7.80. The van der Waals surface area contributed by atoms with Crippen LogP contribution in [0.4, 0.5) is 5.69 Å². The Balaban J connectivity index is 1.66. The third kappa shape index (κ3) is 3.53. The van der Waals surface area contributed by atoms with Crippen LogP contribution in [-0.4, -0.2) is 24.8 Å². The second kappa shape index (κ2) is 7.85. The van der Waals surface area contributed by atoms with Gasteiger partial charge in [0.1, 0.15) is 17.6 Å². The van der Waals surface area contributed by atoms with Crippen molar-refractivity contribution in [2.75, 3.05) is 4.90 Å². The largest absolute Gasteiger partial charge is 0.508 e. The summed E-state index contributed by atoms with van der Waals surface area (Å²) in [5.41, 5.74) is 3.94. The first kappa shape index (κ1) is 19.3. The van der Waals surface area contributed by atoms with Gasteiger partial charge < -0.3 is 19.9 Å². The summed E-state index contributed by atoms with van der Waals surface area (Å²) in [6.45, 7) is 2.02. The fourth-order valence-electron chi connectivity index (χ4n) is 3.99. The Bertz CT molecular complexity index is 1200. The summed E-state index contributed by atoms with van der Waals surface area (Å²) in [6.07, 6.45) is 5.67. The fraction of sp³-hybridized carbons (Fsp3) is 0.125. The van der Waals surface area contributed by atoms with Crippen molar-refractivity contribution >= 4 is 23.0 Å². The molecule has 1 fully saturated rings. The second-order valence-corrected chi connectivity index (χ2v) is 7.90. The lowest BCUT2D eigenvalue weighted by molar-refractivity contribution is 0.475. The molecule has 154 valence electrons. The summed E-state index contributed by atoms with van der Waals surface area (Å²) in [4.78, 5) is 11.3. The summed E-state index contributed by atoms with van der Waals surface area (Å²) in [6, 6.07) is 20.8. The van der Waals surface area contributed by atoms with Crippen molar-refractivity contribution in [1.29, 1.82) is 0 Å². The number of hydrogen-bond donors (Lipinski definition) is 2. The predicted molar refractivity (Wildman–Crippen MR) is 124 cm³/mol. The maximum absolute atomic E-state index is 9.77. The highest BCUT2D eigenvalue weighted by Crippen LogP contribution is 2.42. The molecular formula is C24H21N5OS. The molecule has 3 aromatic heterocycles. The molecule has 2 N–H and O–H groups in total. The van der Waals surface area contributed by atoms with Crippen molar-refractivity contribution in [3.05, 3.63) is 102 Å². The Hall–Kier alpha value is -3.71. The fourth-order valence-corrected chi connectivity index (χ4v) is 4.34. The standard InChI is InChI=1S/C24H21N5OS/c1-16-7-12-21(26-15-16)28-14-4-6-20(28)23-22(19-5-2-3-13-25-19)27-24(31)29(23)17-8-10-18(30)11-9-17/h2-15,22-23,30H,1H3,(H,27,31)/t22-,23-/m1/s1. The number of anilines is 1.